The van der Waals surface area contributed by atoms with Crippen LogP contribution in [-0.4, -0.2) is 14.3 Å². The number of nitrogens with zero attached hydrogens (tertiary/aromatic N) is 2. The molecular weight excluding hydrogens is 479 g/mol. The lowest BCUT2D eigenvalue weighted by atomic mass is 10.00. The molecule has 0 amide bonds. The second-order valence-corrected chi connectivity index (χ2v) is 9.89. The van der Waals surface area contributed by atoms with Crippen molar-refractivity contribution in [1.82, 2.24) is 9.55 Å². The van der Waals surface area contributed by atoms with Gasteiger partial charge in [-0.3, -0.25) is 0 Å². The molecule has 1 aromatic heterocycles. The van der Waals surface area contributed by atoms with Gasteiger partial charge in [-0.1, -0.05) is 28.1 Å². The number of aromatic nitrogens is 2. The minimum Gasteiger partial charge on any atom is -0.336 e. The van der Waals surface area contributed by atoms with Crippen LogP contribution in [0.3, 0.4) is 0 Å². The molecule has 0 saturated carbocycles. The van der Waals surface area contributed by atoms with E-state index in [9.17, 15) is 4.39 Å². The van der Waals surface area contributed by atoms with E-state index in [-0.39, 0.29) is 10.6 Å². The van der Waals surface area contributed by atoms with E-state index >= 15 is 0 Å². The first kappa shape index (κ1) is 19.6. The van der Waals surface area contributed by atoms with Crippen molar-refractivity contribution in [3.8, 4) is 0 Å². The molecular formula is C20H19Br2FN2S. The van der Waals surface area contributed by atoms with Gasteiger partial charge in [0.2, 0.25) is 0 Å². The van der Waals surface area contributed by atoms with E-state index in [1.807, 2.05) is 36.4 Å². The average molecular weight is 498 g/mol. The number of halogens is 3. The molecule has 6 heteroatoms. The minimum absolute atomic E-state index is 0.0363. The summed E-state index contributed by atoms with van der Waals surface area (Å²) in [5.41, 5.74) is 1.15. The Morgan fingerprint density at radius 3 is 2.58 bits per heavy atom. The van der Waals surface area contributed by atoms with Crippen LogP contribution < -0.4 is 0 Å². The van der Waals surface area contributed by atoms with Gasteiger partial charge in [0, 0.05) is 37.5 Å². The molecule has 0 aliphatic heterocycles. The molecule has 0 aliphatic carbocycles. The van der Waals surface area contributed by atoms with Gasteiger partial charge in [-0.2, -0.15) is 0 Å². The summed E-state index contributed by atoms with van der Waals surface area (Å²) in [6.45, 7) is 3.12. The summed E-state index contributed by atoms with van der Waals surface area (Å²) in [4.78, 5) is 5.37. The fourth-order valence-corrected chi connectivity index (χ4v) is 5.34. The predicted molar refractivity (Wildman–Crippen MR) is 113 cm³/mol. The van der Waals surface area contributed by atoms with Gasteiger partial charge >= 0.3 is 0 Å². The van der Waals surface area contributed by atoms with Crippen molar-refractivity contribution in [1.29, 1.82) is 0 Å². The van der Waals surface area contributed by atoms with Gasteiger partial charge in [0.05, 0.1) is 6.33 Å². The van der Waals surface area contributed by atoms with Gasteiger partial charge < -0.3 is 4.57 Å². The van der Waals surface area contributed by atoms with Crippen molar-refractivity contribution >= 4 is 43.6 Å². The SMILES string of the molecule is CC(CCc1ccc(F)cc1)(Cn1ccnc1)Sc1ccc(Br)cc1Br. The Kier molecular flexibility index (Phi) is 6.59. The fraction of sp³-hybridized carbons (Fsp3) is 0.250. The van der Waals surface area contributed by atoms with Gasteiger partial charge in [-0.05, 0) is 71.6 Å². The summed E-state index contributed by atoms with van der Waals surface area (Å²) in [5, 5.41) is 0. The first-order valence-corrected chi connectivity index (χ1v) is 10.7. The molecule has 26 heavy (non-hydrogen) atoms. The highest BCUT2D eigenvalue weighted by molar-refractivity contribution is 9.11. The van der Waals surface area contributed by atoms with E-state index in [4.69, 9.17) is 0 Å². The second-order valence-electron chi connectivity index (χ2n) is 6.49. The Hall–Kier alpha value is -1.11. The van der Waals surface area contributed by atoms with E-state index in [2.05, 4.69) is 66.5 Å². The van der Waals surface area contributed by atoms with E-state index in [1.54, 1.807) is 6.20 Å². The van der Waals surface area contributed by atoms with Crippen LogP contribution in [0.4, 0.5) is 4.39 Å². The molecule has 1 heterocycles. The highest BCUT2D eigenvalue weighted by atomic mass is 79.9. The van der Waals surface area contributed by atoms with E-state index in [0.717, 1.165) is 33.9 Å². The van der Waals surface area contributed by atoms with Crippen molar-refractivity contribution in [3.05, 3.63) is 81.5 Å². The van der Waals surface area contributed by atoms with Crippen molar-refractivity contribution in [2.75, 3.05) is 0 Å². The number of thioether (sulfide) groups is 1. The molecule has 2 nitrogen and oxygen atoms in total. The Labute approximate surface area is 174 Å². The molecule has 2 aromatic carbocycles. The van der Waals surface area contributed by atoms with Gasteiger partial charge in [0.15, 0.2) is 0 Å². The third kappa shape index (κ3) is 5.44. The van der Waals surface area contributed by atoms with Crippen molar-refractivity contribution in [2.45, 2.75) is 36.0 Å². The summed E-state index contributed by atoms with van der Waals surface area (Å²) in [7, 11) is 0. The maximum atomic E-state index is 13.2. The van der Waals surface area contributed by atoms with Crippen LogP contribution in [0.2, 0.25) is 0 Å². The smallest absolute Gasteiger partial charge is 0.123 e. The van der Waals surface area contributed by atoms with E-state index in [1.165, 1.54) is 17.0 Å². The van der Waals surface area contributed by atoms with E-state index in [0.29, 0.717) is 0 Å². The quantitative estimate of drug-likeness (QED) is 0.336. The molecule has 0 aliphatic rings. The lowest BCUT2D eigenvalue weighted by Gasteiger charge is -2.30. The van der Waals surface area contributed by atoms with Crippen LogP contribution in [0.5, 0.6) is 0 Å². The summed E-state index contributed by atoms with van der Waals surface area (Å²) in [5.74, 6) is -0.192. The van der Waals surface area contributed by atoms with Crippen molar-refractivity contribution < 1.29 is 4.39 Å². The highest BCUT2D eigenvalue weighted by Gasteiger charge is 2.27. The summed E-state index contributed by atoms with van der Waals surface area (Å²) in [6.07, 6.45) is 7.51. The number of aryl methyl sites for hydroxylation is 1. The number of hydrogen-bond donors (Lipinski definition) is 0. The largest absolute Gasteiger partial charge is 0.336 e. The topological polar surface area (TPSA) is 17.8 Å². The molecule has 0 N–H and O–H groups in total. The maximum Gasteiger partial charge on any atom is 0.123 e. The first-order chi connectivity index (χ1) is 12.4. The standard InChI is InChI=1S/C20H19Br2FN2S/c1-20(13-25-11-10-24-14-25,9-8-15-2-5-17(23)6-3-15)26-19-7-4-16(21)12-18(19)22/h2-7,10-12,14H,8-9,13H2,1H3. The molecule has 3 rings (SSSR count). The number of benzene rings is 2. The van der Waals surface area contributed by atoms with Crippen LogP contribution >= 0.6 is 43.6 Å². The third-order valence-corrected chi connectivity index (χ3v) is 7.00. The highest BCUT2D eigenvalue weighted by Crippen LogP contribution is 2.41. The minimum atomic E-state index is -0.192. The van der Waals surface area contributed by atoms with Crippen LogP contribution in [0.1, 0.15) is 18.9 Å². The maximum absolute atomic E-state index is 13.2. The summed E-state index contributed by atoms with van der Waals surface area (Å²) >= 11 is 9.04. The summed E-state index contributed by atoms with van der Waals surface area (Å²) in [6, 6.07) is 13.1. The zero-order valence-corrected chi connectivity index (χ0v) is 18.3. The Balaban J connectivity index is 1.79. The normalized spacial score (nSPS) is 13.5. The Bertz CT molecular complexity index is 853. The fourth-order valence-electron chi connectivity index (χ4n) is 2.81. The first-order valence-electron chi connectivity index (χ1n) is 8.28. The molecule has 1 unspecified atom stereocenters. The molecule has 0 radical (unpaired) electrons. The van der Waals surface area contributed by atoms with Gasteiger partial charge in [-0.25, -0.2) is 9.37 Å². The van der Waals surface area contributed by atoms with Crippen LogP contribution in [0.25, 0.3) is 0 Å². The zero-order chi connectivity index (χ0) is 18.6. The molecule has 3 aromatic rings. The van der Waals surface area contributed by atoms with Gasteiger partial charge in [0.1, 0.15) is 5.82 Å². The molecule has 0 spiro atoms. The Morgan fingerprint density at radius 1 is 1.15 bits per heavy atom. The zero-order valence-electron chi connectivity index (χ0n) is 14.3. The second kappa shape index (κ2) is 8.72. The molecule has 1 atom stereocenters. The van der Waals surface area contributed by atoms with Gasteiger partial charge in [-0.15, -0.1) is 11.8 Å². The van der Waals surface area contributed by atoms with Crippen LogP contribution in [0, 0.1) is 5.82 Å². The number of hydrogen-bond acceptors (Lipinski definition) is 2. The summed E-state index contributed by atoms with van der Waals surface area (Å²) < 4.78 is 17.4. The predicted octanol–water partition coefficient (Wildman–Crippen LogP) is 6.73. The van der Waals surface area contributed by atoms with Crippen LogP contribution in [0.15, 0.2) is 75.0 Å². The van der Waals surface area contributed by atoms with E-state index < -0.39 is 0 Å². The van der Waals surface area contributed by atoms with Crippen LogP contribution in [-0.2, 0) is 13.0 Å². The molecule has 0 bridgehead atoms. The van der Waals surface area contributed by atoms with Crippen molar-refractivity contribution in [3.63, 3.8) is 0 Å². The van der Waals surface area contributed by atoms with Crippen molar-refractivity contribution in [2.24, 2.45) is 0 Å². The lowest BCUT2D eigenvalue weighted by molar-refractivity contribution is 0.495. The molecule has 0 saturated heterocycles. The lowest BCUT2D eigenvalue weighted by Crippen LogP contribution is -2.27. The van der Waals surface area contributed by atoms with Gasteiger partial charge in [0.25, 0.3) is 0 Å². The number of imidazole rings is 1. The molecule has 136 valence electrons. The monoisotopic (exact) mass is 496 g/mol. The number of rotatable bonds is 7. The Morgan fingerprint density at radius 2 is 1.92 bits per heavy atom. The average Bonchev–Trinajstić information content (AvgIpc) is 3.10. The molecule has 0 fully saturated rings. The third-order valence-electron chi connectivity index (χ3n) is 4.18.